The third kappa shape index (κ3) is 1.89. The van der Waals surface area contributed by atoms with Crippen LogP contribution in [-0.2, 0) is 0 Å². The summed E-state index contributed by atoms with van der Waals surface area (Å²) in [6, 6.07) is 0. The quantitative estimate of drug-likeness (QED) is 0.748. The summed E-state index contributed by atoms with van der Waals surface area (Å²) < 4.78 is 0. The molecule has 3 aliphatic rings. The molecule has 0 aromatic heterocycles. The topological polar surface area (TPSA) is 38.0 Å². The summed E-state index contributed by atoms with van der Waals surface area (Å²) in [5.74, 6) is 1.43. The van der Waals surface area contributed by atoms with E-state index in [1.807, 2.05) is 14.0 Å². The average Bonchev–Trinajstić information content (AvgIpc) is 2.33. The summed E-state index contributed by atoms with van der Waals surface area (Å²) in [7, 11) is 1.91. The van der Waals surface area contributed by atoms with Crippen molar-refractivity contribution >= 4 is 0 Å². The summed E-state index contributed by atoms with van der Waals surface area (Å²) in [4.78, 5) is 0. The highest BCUT2D eigenvalue weighted by Gasteiger charge is 2.34. The van der Waals surface area contributed by atoms with Gasteiger partial charge in [-0.1, -0.05) is 6.58 Å². The Morgan fingerprint density at radius 2 is 1.88 bits per heavy atom. The second kappa shape index (κ2) is 4.36. The number of allylic oxidation sites excluding steroid dienone is 4. The van der Waals surface area contributed by atoms with Crippen LogP contribution >= 0.6 is 0 Å². The predicted octanol–water partition coefficient (Wildman–Crippen LogP) is 2.70. The van der Waals surface area contributed by atoms with Crippen molar-refractivity contribution in [1.82, 2.24) is 5.32 Å². The van der Waals surface area contributed by atoms with Crippen molar-refractivity contribution in [2.75, 3.05) is 7.05 Å². The third-order valence-electron chi connectivity index (χ3n) is 4.15. The molecule has 3 aliphatic carbocycles. The van der Waals surface area contributed by atoms with E-state index in [0.29, 0.717) is 5.92 Å². The molecule has 16 heavy (non-hydrogen) atoms. The van der Waals surface area contributed by atoms with E-state index < -0.39 is 0 Å². The first-order chi connectivity index (χ1) is 7.63. The van der Waals surface area contributed by atoms with Crippen molar-refractivity contribution in [3.05, 3.63) is 35.2 Å². The van der Waals surface area contributed by atoms with Crippen LogP contribution in [-0.4, -0.2) is 7.05 Å². The van der Waals surface area contributed by atoms with Gasteiger partial charge in [0.1, 0.15) is 0 Å². The highest BCUT2D eigenvalue weighted by Crippen LogP contribution is 2.47. The van der Waals surface area contributed by atoms with Gasteiger partial charge in [-0.15, -0.1) is 0 Å². The molecule has 2 heteroatoms. The number of hydrogen-bond acceptors (Lipinski definition) is 2. The number of hydrogen-bond donors (Lipinski definition) is 2. The Balaban J connectivity index is 2.27. The van der Waals surface area contributed by atoms with Crippen molar-refractivity contribution in [2.24, 2.45) is 17.6 Å². The molecule has 0 saturated heterocycles. The predicted molar refractivity (Wildman–Crippen MR) is 68.6 cm³/mol. The number of fused-ring (bicyclic) bond motifs is 3. The minimum Gasteiger partial charge on any atom is -0.397 e. The van der Waals surface area contributed by atoms with E-state index >= 15 is 0 Å². The molecule has 0 radical (unpaired) electrons. The van der Waals surface area contributed by atoms with Crippen molar-refractivity contribution in [3.8, 4) is 0 Å². The molecular formula is C14H22N2. The van der Waals surface area contributed by atoms with Crippen LogP contribution < -0.4 is 11.1 Å². The Kier molecular flexibility index (Phi) is 3.08. The van der Waals surface area contributed by atoms with E-state index in [2.05, 4.69) is 18.0 Å². The van der Waals surface area contributed by atoms with E-state index in [4.69, 9.17) is 5.73 Å². The first kappa shape index (κ1) is 11.3. The smallest absolute Gasteiger partial charge is 0.0506 e. The van der Waals surface area contributed by atoms with Crippen LogP contribution in [0.4, 0.5) is 0 Å². The van der Waals surface area contributed by atoms with Crippen LogP contribution in [0, 0.1) is 11.8 Å². The van der Waals surface area contributed by atoms with Gasteiger partial charge in [0.2, 0.25) is 0 Å². The Labute approximate surface area is 98.3 Å². The van der Waals surface area contributed by atoms with Crippen LogP contribution in [0.1, 0.15) is 32.6 Å². The SMILES string of the molecule is C=C1/C(=C\C(N)=C(/C)NC)C2CCC1CC2. The zero-order chi connectivity index (χ0) is 11.7. The van der Waals surface area contributed by atoms with Crippen molar-refractivity contribution in [2.45, 2.75) is 32.6 Å². The molecule has 0 amide bonds. The molecular weight excluding hydrogens is 196 g/mol. The lowest BCUT2D eigenvalue weighted by molar-refractivity contribution is 0.294. The van der Waals surface area contributed by atoms with E-state index in [-0.39, 0.29) is 0 Å². The minimum absolute atomic E-state index is 0.709. The van der Waals surface area contributed by atoms with Crippen LogP contribution in [0.5, 0.6) is 0 Å². The van der Waals surface area contributed by atoms with Gasteiger partial charge in [-0.05, 0) is 61.7 Å². The van der Waals surface area contributed by atoms with Crippen molar-refractivity contribution in [1.29, 1.82) is 0 Å². The molecule has 0 aliphatic heterocycles. The second-order valence-corrected chi connectivity index (χ2v) is 5.00. The Morgan fingerprint density at radius 3 is 2.38 bits per heavy atom. The summed E-state index contributed by atoms with van der Waals surface area (Å²) in [6.45, 7) is 6.26. The van der Waals surface area contributed by atoms with Gasteiger partial charge >= 0.3 is 0 Å². The third-order valence-corrected chi connectivity index (χ3v) is 4.15. The molecule has 2 nitrogen and oxygen atoms in total. The van der Waals surface area contributed by atoms with Gasteiger partial charge in [-0.25, -0.2) is 0 Å². The summed E-state index contributed by atoms with van der Waals surface area (Å²) in [5, 5.41) is 3.09. The lowest BCUT2D eigenvalue weighted by Gasteiger charge is -2.40. The molecule has 3 saturated carbocycles. The maximum atomic E-state index is 6.05. The van der Waals surface area contributed by atoms with E-state index in [0.717, 1.165) is 17.3 Å². The second-order valence-electron chi connectivity index (χ2n) is 5.00. The molecule has 0 unspecified atom stereocenters. The lowest BCUT2D eigenvalue weighted by Crippen LogP contribution is -2.27. The summed E-state index contributed by atoms with van der Waals surface area (Å²) in [6.07, 6.45) is 7.44. The summed E-state index contributed by atoms with van der Waals surface area (Å²) in [5.41, 5.74) is 10.7. The normalized spacial score (nSPS) is 32.9. The molecule has 0 atom stereocenters. The van der Waals surface area contributed by atoms with E-state index in [1.54, 1.807) is 0 Å². The first-order valence-electron chi connectivity index (χ1n) is 6.18. The van der Waals surface area contributed by atoms with Gasteiger partial charge < -0.3 is 11.1 Å². The number of nitrogens with two attached hydrogens (primary N) is 1. The van der Waals surface area contributed by atoms with Crippen LogP contribution in [0.15, 0.2) is 35.2 Å². The number of nitrogens with one attached hydrogen (secondary N) is 1. The van der Waals surface area contributed by atoms with Crippen LogP contribution in [0.25, 0.3) is 0 Å². The molecule has 0 heterocycles. The first-order valence-corrected chi connectivity index (χ1v) is 6.18. The molecule has 3 rings (SSSR count). The maximum absolute atomic E-state index is 6.05. The molecule has 3 N–H and O–H groups in total. The minimum atomic E-state index is 0.709. The van der Waals surface area contributed by atoms with E-state index in [1.165, 1.54) is 36.8 Å². The molecule has 0 spiro atoms. The Hall–Kier alpha value is -1.18. The maximum Gasteiger partial charge on any atom is 0.0506 e. The average molecular weight is 218 g/mol. The standard InChI is InChI=1S/C14H22N2/c1-9-11-4-6-12(7-5-11)13(9)8-14(15)10(2)16-3/h8,11-12,16H,1,4-7,15H2,2-3H3/b13-8+,14-10-. The Morgan fingerprint density at radius 1 is 1.31 bits per heavy atom. The lowest BCUT2D eigenvalue weighted by atomic mass is 9.65. The van der Waals surface area contributed by atoms with Crippen molar-refractivity contribution in [3.63, 3.8) is 0 Å². The fourth-order valence-corrected chi connectivity index (χ4v) is 2.88. The molecule has 0 aromatic carbocycles. The van der Waals surface area contributed by atoms with Crippen molar-refractivity contribution < 1.29 is 0 Å². The zero-order valence-corrected chi connectivity index (χ0v) is 10.3. The molecule has 0 aromatic rings. The van der Waals surface area contributed by atoms with Gasteiger partial charge in [0.05, 0.1) is 5.70 Å². The monoisotopic (exact) mass is 218 g/mol. The number of rotatable bonds is 2. The Bertz CT molecular complexity index is 355. The van der Waals surface area contributed by atoms with Gasteiger partial charge in [0.25, 0.3) is 0 Å². The largest absolute Gasteiger partial charge is 0.397 e. The van der Waals surface area contributed by atoms with Crippen LogP contribution in [0.2, 0.25) is 0 Å². The zero-order valence-electron chi connectivity index (χ0n) is 10.3. The highest BCUT2D eigenvalue weighted by atomic mass is 14.8. The van der Waals surface area contributed by atoms with Gasteiger partial charge in [0, 0.05) is 12.7 Å². The molecule has 3 fully saturated rings. The summed E-state index contributed by atoms with van der Waals surface area (Å²) >= 11 is 0. The van der Waals surface area contributed by atoms with Gasteiger partial charge in [-0.3, -0.25) is 0 Å². The molecule has 2 bridgehead atoms. The fourth-order valence-electron chi connectivity index (χ4n) is 2.88. The fraction of sp³-hybridized carbons (Fsp3) is 0.571. The molecule has 88 valence electrons. The van der Waals surface area contributed by atoms with Crippen LogP contribution in [0.3, 0.4) is 0 Å². The van der Waals surface area contributed by atoms with Gasteiger partial charge in [-0.2, -0.15) is 0 Å². The van der Waals surface area contributed by atoms with E-state index in [9.17, 15) is 0 Å². The highest BCUT2D eigenvalue weighted by molar-refractivity contribution is 5.42. The van der Waals surface area contributed by atoms with Gasteiger partial charge in [0.15, 0.2) is 0 Å².